The smallest absolute Gasteiger partial charge is 0.00915 e. The highest BCUT2D eigenvalue weighted by Gasteiger charge is 2.07. The summed E-state index contributed by atoms with van der Waals surface area (Å²) in [6.45, 7) is 4.20. The van der Waals surface area contributed by atoms with Crippen LogP contribution < -0.4 is 0 Å². The third kappa shape index (κ3) is 2.33. The van der Waals surface area contributed by atoms with Gasteiger partial charge in [-0.1, -0.05) is 48.6 Å². The van der Waals surface area contributed by atoms with Gasteiger partial charge in [0.1, 0.15) is 0 Å². The Balaban J connectivity index is 2.22. The van der Waals surface area contributed by atoms with E-state index in [2.05, 4.69) is 62.5 Å². The monoisotopic (exact) mass is 210 g/mol. The van der Waals surface area contributed by atoms with E-state index in [9.17, 15) is 0 Å². The Hall–Kier alpha value is -1.56. The van der Waals surface area contributed by atoms with E-state index in [-0.39, 0.29) is 0 Å². The van der Waals surface area contributed by atoms with Crippen molar-refractivity contribution in [1.29, 1.82) is 0 Å². The Kier molecular flexibility index (Phi) is 3.40. The van der Waals surface area contributed by atoms with Crippen LogP contribution in [-0.4, -0.2) is 0 Å². The average Bonchev–Trinajstić information content (AvgIpc) is 2.39. The fourth-order valence-corrected chi connectivity index (χ4v) is 2.00. The lowest BCUT2D eigenvalue weighted by molar-refractivity contribution is 1.19. The molecule has 0 aromatic rings. The molecule has 0 radical (unpaired) electrons. The summed E-state index contributed by atoms with van der Waals surface area (Å²) in [5, 5.41) is 0. The minimum Gasteiger partial charge on any atom is -0.0841 e. The maximum Gasteiger partial charge on any atom is -0.00915 e. The third-order valence-corrected chi connectivity index (χ3v) is 3.10. The summed E-state index contributed by atoms with van der Waals surface area (Å²) in [4.78, 5) is 0. The average molecular weight is 210 g/mol. The van der Waals surface area contributed by atoms with Crippen LogP contribution in [-0.2, 0) is 0 Å². The first-order valence-corrected chi connectivity index (χ1v) is 5.90. The summed E-state index contributed by atoms with van der Waals surface area (Å²) in [6, 6.07) is 0. The van der Waals surface area contributed by atoms with E-state index in [0.29, 0.717) is 0 Å². The van der Waals surface area contributed by atoms with Gasteiger partial charge >= 0.3 is 0 Å². The number of hydrogen-bond acceptors (Lipinski definition) is 0. The second-order valence-electron chi connectivity index (χ2n) is 4.13. The van der Waals surface area contributed by atoms with Gasteiger partial charge in [0, 0.05) is 0 Å². The van der Waals surface area contributed by atoms with Gasteiger partial charge in [-0.25, -0.2) is 0 Å². The van der Waals surface area contributed by atoms with E-state index >= 15 is 0 Å². The van der Waals surface area contributed by atoms with E-state index in [4.69, 9.17) is 0 Å². The lowest BCUT2D eigenvalue weighted by atomic mass is 9.92. The molecule has 0 saturated heterocycles. The lowest BCUT2D eigenvalue weighted by Crippen LogP contribution is -1.94. The van der Waals surface area contributed by atoms with Gasteiger partial charge in [0.05, 0.1) is 0 Å². The molecular formula is C16H18. The van der Waals surface area contributed by atoms with Crippen molar-refractivity contribution in [2.75, 3.05) is 0 Å². The zero-order chi connectivity index (χ0) is 11.4. The van der Waals surface area contributed by atoms with Crippen molar-refractivity contribution in [2.45, 2.75) is 26.7 Å². The van der Waals surface area contributed by atoms with Crippen LogP contribution in [0.4, 0.5) is 0 Å². The Morgan fingerprint density at radius 2 is 1.69 bits per heavy atom. The molecule has 2 aliphatic rings. The Morgan fingerprint density at radius 1 is 0.875 bits per heavy atom. The van der Waals surface area contributed by atoms with Crippen molar-refractivity contribution in [3.63, 3.8) is 0 Å². The maximum absolute atomic E-state index is 2.31. The van der Waals surface area contributed by atoms with E-state index in [1.54, 1.807) is 0 Å². The summed E-state index contributed by atoms with van der Waals surface area (Å²) < 4.78 is 0. The minimum absolute atomic E-state index is 1.05. The highest BCUT2D eigenvalue weighted by molar-refractivity contribution is 5.55. The first kappa shape index (κ1) is 10.9. The predicted molar refractivity (Wildman–Crippen MR) is 71.2 cm³/mol. The Labute approximate surface area is 98.1 Å². The van der Waals surface area contributed by atoms with Gasteiger partial charge in [-0.2, -0.15) is 0 Å². The molecule has 2 rings (SSSR count). The fraction of sp³-hybridized carbons (Fsp3) is 0.250. The molecule has 0 aromatic carbocycles. The zero-order valence-corrected chi connectivity index (χ0v) is 10.0. The van der Waals surface area contributed by atoms with Gasteiger partial charge < -0.3 is 0 Å². The first-order chi connectivity index (χ1) is 7.83. The second-order valence-corrected chi connectivity index (χ2v) is 4.13. The van der Waals surface area contributed by atoms with Crippen LogP contribution in [0.3, 0.4) is 0 Å². The molecule has 82 valence electrons. The quantitative estimate of drug-likeness (QED) is 0.591. The molecule has 0 atom stereocenters. The summed E-state index contributed by atoms with van der Waals surface area (Å²) in [6.07, 6.45) is 20.0. The molecule has 0 heteroatoms. The lowest BCUT2D eigenvalue weighted by Gasteiger charge is -2.14. The van der Waals surface area contributed by atoms with Crippen LogP contribution in [0.2, 0.25) is 0 Å². The molecule has 0 saturated carbocycles. The molecule has 0 nitrogen and oxygen atoms in total. The zero-order valence-electron chi connectivity index (χ0n) is 10.0. The summed E-state index contributed by atoms with van der Waals surface area (Å²) >= 11 is 0. The summed E-state index contributed by atoms with van der Waals surface area (Å²) in [5.74, 6) is 0. The molecule has 0 aliphatic heterocycles. The molecule has 2 aliphatic carbocycles. The van der Waals surface area contributed by atoms with Crippen molar-refractivity contribution < 1.29 is 0 Å². The topological polar surface area (TPSA) is 0 Å². The predicted octanol–water partition coefficient (Wildman–Crippen LogP) is 4.65. The van der Waals surface area contributed by atoms with Crippen LogP contribution in [0.1, 0.15) is 26.7 Å². The number of rotatable bonds is 1. The molecule has 0 bridgehead atoms. The van der Waals surface area contributed by atoms with Gasteiger partial charge in [0.25, 0.3) is 0 Å². The van der Waals surface area contributed by atoms with Crippen molar-refractivity contribution in [1.82, 2.24) is 0 Å². The Bertz CT molecular complexity index is 448. The SMILES string of the molecule is CC=C1C=CC(C2=CC(=CC)CC=C2)=CC1. The minimum atomic E-state index is 1.05. The third-order valence-electron chi connectivity index (χ3n) is 3.10. The highest BCUT2D eigenvalue weighted by Crippen LogP contribution is 2.26. The van der Waals surface area contributed by atoms with E-state index in [0.717, 1.165) is 12.8 Å². The van der Waals surface area contributed by atoms with E-state index in [1.165, 1.54) is 22.3 Å². The van der Waals surface area contributed by atoms with Crippen molar-refractivity contribution in [3.8, 4) is 0 Å². The normalized spacial score (nSPS) is 24.9. The standard InChI is InChI=1S/C16H18/c1-3-13-8-10-15(11-9-13)16-7-5-6-14(4-2)12-16/h3-5,7-8,10-12H,6,9H2,1-2H3. The molecule has 0 unspecified atom stereocenters. The van der Waals surface area contributed by atoms with Gasteiger partial charge in [0.15, 0.2) is 0 Å². The molecule has 0 heterocycles. The second kappa shape index (κ2) is 4.98. The van der Waals surface area contributed by atoms with Crippen molar-refractivity contribution in [2.24, 2.45) is 0 Å². The van der Waals surface area contributed by atoms with Gasteiger partial charge in [-0.15, -0.1) is 0 Å². The Morgan fingerprint density at radius 3 is 2.31 bits per heavy atom. The highest BCUT2D eigenvalue weighted by atomic mass is 14.1. The van der Waals surface area contributed by atoms with E-state index < -0.39 is 0 Å². The molecule has 0 fully saturated rings. The van der Waals surface area contributed by atoms with Crippen LogP contribution in [0.25, 0.3) is 0 Å². The van der Waals surface area contributed by atoms with Crippen LogP contribution in [0.5, 0.6) is 0 Å². The van der Waals surface area contributed by atoms with Gasteiger partial charge in [0.2, 0.25) is 0 Å². The van der Waals surface area contributed by atoms with Crippen LogP contribution in [0.15, 0.2) is 70.9 Å². The first-order valence-electron chi connectivity index (χ1n) is 5.90. The fourth-order valence-electron chi connectivity index (χ4n) is 2.00. The van der Waals surface area contributed by atoms with Gasteiger partial charge in [-0.3, -0.25) is 0 Å². The molecule has 0 amide bonds. The van der Waals surface area contributed by atoms with Gasteiger partial charge in [-0.05, 0) is 49.0 Å². The van der Waals surface area contributed by atoms with Crippen LogP contribution >= 0.6 is 0 Å². The summed E-state index contributed by atoms with van der Waals surface area (Å²) in [5.41, 5.74) is 5.49. The molecular weight excluding hydrogens is 192 g/mol. The number of allylic oxidation sites excluding steroid dienone is 12. The van der Waals surface area contributed by atoms with E-state index in [1.807, 2.05) is 0 Å². The molecule has 0 spiro atoms. The molecule has 16 heavy (non-hydrogen) atoms. The molecule has 0 N–H and O–H groups in total. The van der Waals surface area contributed by atoms with Crippen molar-refractivity contribution >= 4 is 0 Å². The largest absolute Gasteiger partial charge is 0.0841 e. The molecule has 0 aromatic heterocycles. The van der Waals surface area contributed by atoms with Crippen molar-refractivity contribution in [3.05, 3.63) is 70.9 Å². The van der Waals surface area contributed by atoms with Crippen LogP contribution in [0, 0.1) is 0 Å². The number of hydrogen-bond donors (Lipinski definition) is 0. The summed E-state index contributed by atoms with van der Waals surface area (Å²) in [7, 11) is 0. The maximum atomic E-state index is 2.31.